The molecule has 2 aliphatic heterocycles. The minimum absolute atomic E-state index is 0.0330. The monoisotopic (exact) mass is 448 g/mol. The van der Waals surface area contributed by atoms with Crippen LogP contribution in [0.3, 0.4) is 0 Å². The normalized spacial score (nSPS) is 19.3. The number of ether oxygens (including phenoxy) is 1. The van der Waals surface area contributed by atoms with E-state index >= 15 is 0 Å². The molecular formula is C22H28N2O2S3. The minimum Gasteiger partial charge on any atom is -0.492 e. The summed E-state index contributed by atoms with van der Waals surface area (Å²) in [6.45, 7) is 8.38. The molecule has 2 heterocycles. The van der Waals surface area contributed by atoms with Gasteiger partial charge in [0.15, 0.2) is 0 Å². The van der Waals surface area contributed by atoms with Crippen molar-refractivity contribution in [2.24, 2.45) is 0 Å². The van der Waals surface area contributed by atoms with Crippen LogP contribution in [-0.2, 0) is 9.53 Å². The molecule has 0 saturated carbocycles. The number of unbranched alkanes of at least 4 members (excludes halogenated alkanes) is 2. The maximum atomic E-state index is 13.0. The summed E-state index contributed by atoms with van der Waals surface area (Å²) in [5.41, 5.74) is 1.23. The second-order valence-corrected chi connectivity index (χ2v) is 9.57. The number of allylic oxidation sites excluding steroid dienone is 1. The van der Waals surface area contributed by atoms with E-state index in [4.69, 9.17) is 17.0 Å². The Labute approximate surface area is 187 Å². The Hall–Kier alpha value is -1.44. The van der Waals surface area contributed by atoms with Crippen molar-refractivity contribution in [3.05, 3.63) is 46.0 Å². The number of benzene rings is 1. The van der Waals surface area contributed by atoms with Gasteiger partial charge in [-0.3, -0.25) is 9.69 Å². The minimum atomic E-state index is -0.0330. The average Bonchev–Trinajstić information content (AvgIpc) is 3.21. The number of fused-ring (bicyclic) bond motifs is 1. The number of hydrogen-bond donors (Lipinski definition) is 0. The Morgan fingerprint density at radius 2 is 1.76 bits per heavy atom. The van der Waals surface area contributed by atoms with Gasteiger partial charge in [0.2, 0.25) is 0 Å². The van der Waals surface area contributed by atoms with Gasteiger partial charge in [-0.1, -0.05) is 74.6 Å². The molecular weight excluding hydrogens is 420 g/mol. The van der Waals surface area contributed by atoms with Gasteiger partial charge in [0.05, 0.1) is 17.3 Å². The fraction of sp³-hybridized carbons (Fsp3) is 0.455. The lowest BCUT2D eigenvalue weighted by Gasteiger charge is -2.21. The predicted molar refractivity (Wildman–Crippen MR) is 128 cm³/mol. The van der Waals surface area contributed by atoms with Crippen molar-refractivity contribution in [3.63, 3.8) is 0 Å². The predicted octanol–water partition coefficient (Wildman–Crippen LogP) is 6.15. The molecule has 1 saturated heterocycles. The highest BCUT2D eigenvalue weighted by Crippen LogP contribution is 2.47. The number of para-hydroxylation sites is 1. The molecule has 0 unspecified atom stereocenters. The van der Waals surface area contributed by atoms with Crippen LogP contribution in [0.25, 0.3) is 0 Å². The molecule has 3 rings (SSSR count). The van der Waals surface area contributed by atoms with Gasteiger partial charge in [0, 0.05) is 24.1 Å². The molecule has 1 aromatic carbocycles. The first kappa shape index (κ1) is 22.2. The van der Waals surface area contributed by atoms with Gasteiger partial charge < -0.3 is 9.64 Å². The molecule has 156 valence electrons. The van der Waals surface area contributed by atoms with E-state index in [-0.39, 0.29) is 5.91 Å². The van der Waals surface area contributed by atoms with Crippen molar-refractivity contribution in [2.75, 3.05) is 24.6 Å². The highest BCUT2D eigenvalue weighted by atomic mass is 32.2. The molecule has 0 N–H and O–H groups in total. The van der Waals surface area contributed by atoms with Crippen molar-refractivity contribution < 1.29 is 9.53 Å². The van der Waals surface area contributed by atoms with E-state index < -0.39 is 0 Å². The zero-order valence-corrected chi connectivity index (χ0v) is 19.7. The molecule has 0 bridgehead atoms. The Balaban J connectivity index is 1.95. The second-order valence-electron chi connectivity index (χ2n) is 6.86. The van der Waals surface area contributed by atoms with Crippen molar-refractivity contribution >= 4 is 51.7 Å². The third kappa shape index (κ3) is 5.01. The maximum absolute atomic E-state index is 13.0. The fourth-order valence-electron chi connectivity index (χ4n) is 3.20. The summed E-state index contributed by atoms with van der Waals surface area (Å²) in [5, 5.41) is 1.10. The summed E-state index contributed by atoms with van der Waals surface area (Å²) in [6.07, 6.45) is 6.23. The Morgan fingerprint density at radius 1 is 1.07 bits per heavy atom. The van der Waals surface area contributed by atoms with Gasteiger partial charge in [0.1, 0.15) is 15.0 Å². The lowest BCUT2D eigenvalue weighted by atomic mass is 10.2. The third-order valence-corrected chi connectivity index (χ3v) is 7.29. The van der Waals surface area contributed by atoms with Crippen LogP contribution >= 0.6 is 35.7 Å². The summed E-state index contributed by atoms with van der Waals surface area (Å²) >= 11 is 8.56. The Kier molecular flexibility index (Phi) is 8.09. The third-order valence-electron chi connectivity index (χ3n) is 4.73. The van der Waals surface area contributed by atoms with Crippen LogP contribution < -0.4 is 4.90 Å². The number of nitrogens with zero attached hydrogens (tertiary/aromatic N) is 2. The molecule has 7 heteroatoms. The maximum Gasteiger partial charge on any atom is 0.269 e. The first-order valence-corrected chi connectivity index (χ1v) is 12.3. The lowest BCUT2D eigenvalue weighted by Crippen LogP contribution is -2.29. The van der Waals surface area contributed by atoms with Crippen LogP contribution in [0.1, 0.15) is 46.5 Å². The zero-order chi connectivity index (χ0) is 20.8. The number of carbonyl (C=O) groups is 1. The number of rotatable bonds is 9. The van der Waals surface area contributed by atoms with Gasteiger partial charge in [-0.15, -0.1) is 0 Å². The van der Waals surface area contributed by atoms with Crippen LogP contribution in [0.4, 0.5) is 5.69 Å². The van der Waals surface area contributed by atoms with Gasteiger partial charge in [-0.25, -0.2) is 0 Å². The average molecular weight is 449 g/mol. The number of thioether (sulfide) groups is 2. The van der Waals surface area contributed by atoms with Gasteiger partial charge in [0.25, 0.3) is 5.91 Å². The number of thiocarbonyl (C=S) groups is 1. The first-order valence-electron chi connectivity index (χ1n) is 10.3. The molecule has 29 heavy (non-hydrogen) atoms. The van der Waals surface area contributed by atoms with E-state index in [1.807, 2.05) is 13.0 Å². The quantitative estimate of drug-likeness (QED) is 0.256. The molecule has 0 spiro atoms. The summed E-state index contributed by atoms with van der Waals surface area (Å²) in [6, 6.07) is 8.44. The molecule has 1 fully saturated rings. The van der Waals surface area contributed by atoms with Gasteiger partial charge in [-0.05, 0) is 31.9 Å². The molecule has 2 aliphatic rings. The van der Waals surface area contributed by atoms with Crippen molar-refractivity contribution in [2.45, 2.75) is 51.3 Å². The summed E-state index contributed by atoms with van der Waals surface area (Å²) in [4.78, 5) is 18.9. The molecule has 1 amide bonds. The topological polar surface area (TPSA) is 32.8 Å². The van der Waals surface area contributed by atoms with Crippen LogP contribution in [0, 0.1) is 0 Å². The standard InChI is InChI=1S/C22H28N2O2S3/c1-4-7-13-23-16-11-9-10-12-18(16)28-19(23)15-17(26-6-3)20-21(25)24(14-8-5-2)22(27)29-20/h9-12,15H,4-8,13-14H2,1-3H3/b19-15-,20-17-. The Morgan fingerprint density at radius 3 is 2.45 bits per heavy atom. The van der Waals surface area contributed by atoms with E-state index in [2.05, 4.69) is 43.0 Å². The van der Waals surface area contributed by atoms with Crippen LogP contribution in [-0.4, -0.2) is 34.8 Å². The molecule has 4 nitrogen and oxygen atoms in total. The number of anilines is 1. The van der Waals surface area contributed by atoms with Crippen molar-refractivity contribution in [1.29, 1.82) is 0 Å². The summed E-state index contributed by atoms with van der Waals surface area (Å²) in [5.74, 6) is 0.593. The SMILES string of the molecule is CCCCN1C(=O)/C(=C(\C=C2/Sc3ccccc3N2CCCC)OCC)SC1=S. The molecule has 0 radical (unpaired) electrons. The highest BCUT2D eigenvalue weighted by Gasteiger charge is 2.35. The van der Waals surface area contributed by atoms with Crippen LogP contribution in [0.15, 0.2) is 50.9 Å². The highest BCUT2D eigenvalue weighted by molar-refractivity contribution is 8.26. The van der Waals surface area contributed by atoms with Crippen molar-refractivity contribution in [1.82, 2.24) is 4.90 Å². The molecule has 0 aromatic heterocycles. The molecule has 0 aliphatic carbocycles. The largest absolute Gasteiger partial charge is 0.492 e. The van der Waals surface area contributed by atoms with E-state index in [1.165, 1.54) is 22.3 Å². The summed E-state index contributed by atoms with van der Waals surface area (Å²) in [7, 11) is 0. The second kappa shape index (κ2) is 10.5. The van der Waals surface area contributed by atoms with Crippen molar-refractivity contribution in [3.8, 4) is 0 Å². The van der Waals surface area contributed by atoms with E-state index in [0.29, 0.717) is 28.1 Å². The first-order chi connectivity index (χ1) is 14.1. The zero-order valence-electron chi connectivity index (χ0n) is 17.3. The van der Waals surface area contributed by atoms with E-state index in [1.54, 1.807) is 16.7 Å². The van der Waals surface area contributed by atoms with E-state index in [9.17, 15) is 4.79 Å². The van der Waals surface area contributed by atoms with Gasteiger partial charge >= 0.3 is 0 Å². The van der Waals surface area contributed by atoms with Crippen LogP contribution in [0.2, 0.25) is 0 Å². The number of carbonyl (C=O) groups excluding carboxylic acids is 1. The lowest BCUT2D eigenvalue weighted by molar-refractivity contribution is -0.122. The van der Waals surface area contributed by atoms with Crippen LogP contribution in [0.5, 0.6) is 0 Å². The molecule has 0 atom stereocenters. The number of amides is 1. The summed E-state index contributed by atoms with van der Waals surface area (Å²) < 4.78 is 6.57. The number of hydrogen-bond acceptors (Lipinski definition) is 6. The smallest absolute Gasteiger partial charge is 0.269 e. The van der Waals surface area contributed by atoms with E-state index in [0.717, 1.165) is 37.3 Å². The van der Waals surface area contributed by atoms with Gasteiger partial charge in [-0.2, -0.15) is 0 Å². The molecule has 1 aromatic rings. The fourth-order valence-corrected chi connectivity index (χ4v) is 5.62. The Bertz CT molecular complexity index is 835.